The van der Waals surface area contributed by atoms with Gasteiger partial charge in [0.1, 0.15) is 5.52 Å². The van der Waals surface area contributed by atoms with Crippen molar-refractivity contribution in [1.82, 2.24) is 15.0 Å². The molecule has 0 radical (unpaired) electrons. The number of benzene rings is 1. The maximum absolute atomic E-state index is 12.3. The van der Waals surface area contributed by atoms with Gasteiger partial charge in [0, 0.05) is 6.42 Å². The zero-order chi connectivity index (χ0) is 21.3. The Hall–Kier alpha value is -1.97. The summed E-state index contributed by atoms with van der Waals surface area (Å²) >= 11 is 0. The van der Waals surface area contributed by atoms with Gasteiger partial charge in [0.05, 0.1) is 5.52 Å². The van der Waals surface area contributed by atoms with E-state index in [0.29, 0.717) is 6.42 Å². The van der Waals surface area contributed by atoms with Crippen LogP contribution in [0.5, 0.6) is 0 Å². The number of carbonyl (C=O) groups excluding carboxylic acids is 1. The number of hydrogen-bond acceptors (Lipinski definition) is 3. The molecule has 30 heavy (non-hydrogen) atoms. The maximum Gasteiger partial charge on any atom is 0.248 e. The van der Waals surface area contributed by atoms with Crippen LogP contribution < -0.4 is 0 Å². The molecule has 0 unspecified atom stereocenters. The average Bonchev–Trinajstić information content (AvgIpc) is 3.20. The lowest BCUT2D eigenvalue weighted by Crippen LogP contribution is -2.12. The molecule has 0 bridgehead atoms. The molecule has 0 aliphatic carbocycles. The molecule has 0 fully saturated rings. The fraction of sp³-hybridized carbons (Fsp3) is 0.654. The minimum atomic E-state index is 0.0534. The summed E-state index contributed by atoms with van der Waals surface area (Å²) in [4.78, 5) is 12.3. The first-order valence-electron chi connectivity index (χ1n) is 12.3. The highest BCUT2D eigenvalue weighted by molar-refractivity contribution is 5.88. The summed E-state index contributed by atoms with van der Waals surface area (Å²) in [5.41, 5.74) is 1.59. The Morgan fingerprint density at radius 2 is 1.37 bits per heavy atom. The maximum atomic E-state index is 12.3. The van der Waals surface area contributed by atoms with Crippen LogP contribution in [-0.4, -0.2) is 20.9 Å². The number of nitrogens with zero attached hydrogens (tertiary/aromatic N) is 3. The molecule has 166 valence electrons. The number of carbonyl (C=O) groups is 1. The van der Waals surface area contributed by atoms with Crippen molar-refractivity contribution < 1.29 is 4.79 Å². The predicted octanol–water partition coefficient (Wildman–Crippen LogP) is 7.89. The lowest BCUT2D eigenvalue weighted by molar-refractivity contribution is 0.0886. The van der Waals surface area contributed by atoms with Gasteiger partial charge in [-0.05, 0) is 44.2 Å². The molecular formula is C26H41N3O. The summed E-state index contributed by atoms with van der Waals surface area (Å²) in [6.07, 6.45) is 24.6. The normalized spacial score (nSPS) is 11.6. The van der Waals surface area contributed by atoms with Gasteiger partial charge in [-0.2, -0.15) is 4.68 Å². The van der Waals surface area contributed by atoms with Gasteiger partial charge in [-0.15, -0.1) is 5.10 Å². The van der Waals surface area contributed by atoms with Crippen molar-refractivity contribution in [2.45, 2.75) is 110 Å². The van der Waals surface area contributed by atoms with Gasteiger partial charge in [0.25, 0.3) is 0 Å². The molecule has 4 nitrogen and oxygen atoms in total. The second-order valence-corrected chi connectivity index (χ2v) is 8.43. The number of unbranched alkanes of at least 4 members (excludes halogenated alkanes) is 13. The molecule has 0 aliphatic rings. The van der Waals surface area contributed by atoms with Crippen molar-refractivity contribution in [3.63, 3.8) is 0 Å². The Labute approximate surface area is 183 Å². The lowest BCUT2D eigenvalue weighted by atomic mass is 10.1. The van der Waals surface area contributed by atoms with Crippen LogP contribution in [0.1, 0.15) is 114 Å². The summed E-state index contributed by atoms with van der Waals surface area (Å²) in [6.45, 7) is 2.27. The molecule has 0 saturated heterocycles. The first-order chi connectivity index (χ1) is 14.8. The van der Waals surface area contributed by atoms with Crippen LogP contribution in [0.3, 0.4) is 0 Å². The van der Waals surface area contributed by atoms with Gasteiger partial charge in [-0.25, -0.2) is 0 Å². The van der Waals surface area contributed by atoms with Crippen molar-refractivity contribution in [2.75, 3.05) is 0 Å². The van der Waals surface area contributed by atoms with E-state index >= 15 is 0 Å². The minimum absolute atomic E-state index is 0.0534. The summed E-state index contributed by atoms with van der Waals surface area (Å²) in [5.74, 6) is 0.0534. The van der Waals surface area contributed by atoms with E-state index in [4.69, 9.17) is 0 Å². The van der Waals surface area contributed by atoms with Crippen molar-refractivity contribution in [2.24, 2.45) is 0 Å². The number of para-hydroxylation sites is 1. The molecule has 0 N–H and O–H groups in total. The molecule has 1 heterocycles. The van der Waals surface area contributed by atoms with Crippen LogP contribution in [-0.2, 0) is 0 Å². The van der Waals surface area contributed by atoms with E-state index in [1.807, 2.05) is 24.3 Å². The monoisotopic (exact) mass is 411 g/mol. The van der Waals surface area contributed by atoms with Crippen LogP contribution in [0, 0.1) is 0 Å². The van der Waals surface area contributed by atoms with Gasteiger partial charge >= 0.3 is 0 Å². The van der Waals surface area contributed by atoms with Gasteiger partial charge in [-0.1, -0.05) is 101 Å². The summed E-state index contributed by atoms with van der Waals surface area (Å²) in [6, 6.07) is 7.62. The van der Waals surface area contributed by atoms with Gasteiger partial charge < -0.3 is 0 Å². The highest BCUT2D eigenvalue weighted by Gasteiger charge is 2.10. The van der Waals surface area contributed by atoms with Crippen molar-refractivity contribution in [3.8, 4) is 0 Å². The fourth-order valence-corrected chi connectivity index (χ4v) is 3.86. The number of hydrogen-bond donors (Lipinski definition) is 0. The Bertz CT molecular complexity index is 735. The Morgan fingerprint density at radius 3 is 2.03 bits per heavy atom. The van der Waals surface area contributed by atoms with E-state index in [-0.39, 0.29) is 5.91 Å². The molecule has 0 atom stereocenters. The molecule has 0 spiro atoms. The summed E-state index contributed by atoms with van der Waals surface area (Å²) in [7, 11) is 0. The second-order valence-electron chi connectivity index (χ2n) is 8.43. The number of aromatic nitrogens is 3. The first kappa shape index (κ1) is 24.3. The Kier molecular flexibility index (Phi) is 12.8. The second kappa shape index (κ2) is 15.8. The number of rotatable bonds is 17. The molecule has 0 aliphatic heterocycles. The zero-order valence-corrected chi connectivity index (χ0v) is 19.0. The summed E-state index contributed by atoms with van der Waals surface area (Å²) < 4.78 is 1.45. The lowest BCUT2D eigenvalue weighted by Gasteiger charge is -2.03. The Morgan fingerprint density at radius 1 is 0.800 bits per heavy atom. The topological polar surface area (TPSA) is 47.8 Å². The van der Waals surface area contributed by atoms with Crippen LogP contribution >= 0.6 is 0 Å². The molecule has 0 saturated carbocycles. The molecule has 1 aromatic carbocycles. The van der Waals surface area contributed by atoms with E-state index < -0.39 is 0 Å². The third-order valence-electron chi connectivity index (χ3n) is 5.74. The fourth-order valence-electron chi connectivity index (χ4n) is 3.86. The van der Waals surface area contributed by atoms with Crippen LogP contribution in [0.4, 0.5) is 0 Å². The standard InChI is InChI=1S/C26H41N3O/c1-2-3-4-5-6-7-8-9-10-11-12-13-14-15-16-17-18-23-26(30)29-25-22-20-19-21-24(25)27-28-29/h8-9,19-22H,2-7,10-18,23H2,1H3/b9-8+. The van der Waals surface area contributed by atoms with Gasteiger partial charge in [-0.3, -0.25) is 4.79 Å². The number of allylic oxidation sites excluding steroid dienone is 2. The van der Waals surface area contributed by atoms with Crippen molar-refractivity contribution >= 4 is 16.9 Å². The molecular weight excluding hydrogens is 370 g/mol. The molecule has 0 amide bonds. The van der Waals surface area contributed by atoms with Gasteiger partial charge in [0.15, 0.2) is 0 Å². The van der Waals surface area contributed by atoms with Crippen LogP contribution in [0.15, 0.2) is 36.4 Å². The van der Waals surface area contributed by atoms with E-state index in [1.54, 1.807) is 0 Å². The molecule has 2 rings (SSSR count). The van der Waals surface area contributed by atoms with Crippen LogP contribution in [0.2, 0.25) is 0 Å². The third-order valence-corrected chi connectivity index (χ3v) is 5.74. The third kappa shape index (κ3) is 9.69. The van der Waals surface area contributed by atoms with Gasteiger partial charge in [0.2, 0.25) is 5.91 Å². The molecule has 4 heteroatoms. The SMILES string of the molecule is CCCCCCC/C=C/CCCCCCCCCCC(=O)n1nnc2ccccc21. The Balaban J connectivity index is 1.38. The van der Waals surface area contributed by atoms with E-state index in [1.165, 1.54) is 88.2 Å². The predicted molar refractivity (Wildman–Crippen MR) is 127 cm³/mol. The van der Waals surface area contributed by atoms with E-state index in [9.17, 15) is 4.79 Å². The smallest absolute Gasteiger partial charge is 0.248 e. The molecule has 2 aromatic rings. The average molecular weight is 412 g/mol. The van der Waals surface area contributed by atoms with Crippen molar-refractivity contribution in [3.05, 3.63) is 36.4 Å². The van der Waals surface area contributed by atoms with Crippen LogP contribution in [0.25, 0.3) is 11.0 Å². The minimum Gasteiger partial charge on any atom is -0.273 e. The highest BCUT2D eigenvalue weighted by Crippen LogP contribution is 2.14. The van der Waals surface area contributed by atoms with Crippen molar-refractivity contribution in [1.29, 1.82) is 0 Å². The quantitative estimate of drug-likeness (QED) is 0.196. The summed E-state index contributed by atoms with van der Waals surface area (Å²) in [5, 5.41) is 8.06. The molecule has 1 aromatic heterocycles. The van der Waals surface area contributed by atoms with E-state index in [2.05, 4.69) is 29.4 Å². The van der Waals surface area contributed by atoms with E-state index in [0.717, 1.165) is 23.9 Å². The zero-order valence-electron chi connectivity index (χ0n) is 19.0. The highest BCUT2D eigenvalue weighted by atomic mass is 16.2. The first-order valence-corrected chi connectivity index (χ1v) is 12.3. The number of fused-ring (bicyclic) bond motifs is 1. The largest absolute Gasteiger partial charge is 0.273 e.